The Morgan fingerprint density at radius 3 is 2.87 bits per heavy atom. The molecule has 0 saturated carbocycles. The molecule has 2 heterocycles. The number of hydrogen-bond donors (Lipinski definition) is 1. The molecular weight excluding hydrogens is 258 g/mol. The summed E-state index contributed by atoms with van der Waals surface area (Å²) in [6, 6.07) is 1.96. The number of carbonyl (C=O) groups is 1. The smallest absolute Gasteiger partial charge is 0.269 e. The van der Waals surface area contributed by atoms with Gasteiger partial charge in [-0.05, 0) is 21.3 Å². The van der Waals surface area contributed by atoms with Crippen molar-refractivity contribution in [1.29, 1.82) is 0 Å². The molecule has 0 aliphatic carbocycles. The molecule has 2 rings (SSSR count). The van der Waals surface area contributed by atoms with Gasteiger partial charge < -0.3 is 5.32 Å². The number of amides is 1. The van der Waals surface area contributed by atoms with Gasteiger partial charge in [-0.3, -0.25) is 9.48 Å². The van der Waals surface area contributed by atoms with Gasteiger partial charge in [0.25, 0.3) is 5.91 Å². The van der Waals surface area contributed by atoms with Crippen LogP contribution in [0, 0.1) is 5.41 Å². The Morgan fingerprint density at radius 2 is 2.27 bits per heavy atom. The molecule has 5 heteroatoms. The third kappa shape index (κ3) is 1.80. The Hall–Kier alpha value is -0.840. The van der Waals surface area contributed by atoms with Gasteiger partial charge in [0.1, 0.15) is 10.3 Å². The van der Waals surface area contributed by atoms with Crippen molar-refractivity contribution in [2.45, 2.75) is 26.8 Å². The maximum absolute atomic E-state index is 11.6. The van der Waals surface area contributed by atoms with Crippen molar-refractivity contribution >= 4 is 21.8 Å². The molecule has 15 heavy (non-hydrogen) atoms. The lowest BCUT2D eigenvalue weighted by Crippen LogP contribution is -2.44. The van der Waals surface area contributed by atoms with E-state index < -0.39 is 0 Å². The van der Waals surface area contributed by atoms with Crippen molar-refractivity contribution in [1.82, 2.24) is 15.1 Å². The quantitative estimate of drug-likeness (QED) is 0.785. The van der Waals surface area contributed by atoms with E-state index in [1.165, 1.54) is 0 Å². The number of fused-ring (bicyclic) bond motifs is 1. The second-order valence-electron chi connectivity index (χ2n) is 4.89. The van der Waals surface area contributed by atoms with Crippen molar-refractivity contribution in [2.24, 2.45) is 5.41 Å². The van der Waals surface area contributed by atoms with Gasteiger partial charge in [-0.1, -0.05) is 20.8 Å². The Balaban J connectivity index is 2.49. The average Bonchev–Trinajstić information content (AvgIpc) is 2.45. The summed E-state index contributed by atoms with van der Waals surface area (Å²) in [5, 5.41) is 7.21. The zero-order chi connectivity index (χ0) is 11.2. The Bertz CT molecular complexity index is 405. The summed E-state index contributed by atoms with van der Waals surface area (Å²) < 4.78 is 2.53. The maximum Gasteiger partial charge on any atom is 0.269 e. The molecule has 0 saturated heterocycles. The highest BCUT2D eigenvalue weighted by Gasteiger charge is 2.34. The Kier molecular flexibility index (Phi) is 2.37. The van der Waals surface area contributed by atoms with Crippen LogP contribution in [-0.4, -0.2) is 22.2 Å². The molecule has 0 spiro atoms. The summed E-state index contributed by atoms with van der Waals surface area (Å²) in [6.07, 6.45) is 0. The molecule has 1 atom stereocenters. The van der Waals surface area contributed by atoms with Gasteiger partial charge in [0, 0.05) is 12.6 Å². The van der Waals surface area contributed by atoms with Crippen LogP contribution in [0.25, 0.3) is 0 Å². The zero-order valence-electron chi connectivity index (χ0n) is 9.04. The van der Waals surface area contributed by atoms with E-state index in [4.69, 9.17) is 0 Å². The minimum absolute atomic E-state index is 0.0475. The van der Waals surface area contributed by atoms with E-state index in [2.05, 4.69) is 47.1 Å². The lowest BCUT2D eigenvalue weighted by molar-refractivity contribution is 0.0868. The molecule has 1 N–H and O–H groups in total. The van der Waals surface area contributed by atoms with Crippen molar-refractivity contribution in [3.8, 4) is 0 Å². The summed E-state index contributed by atoms with van der Waals surface area (Å²) >= 11 is 3.30. The first-order valence-corrected chi connectivity index (χ1v) is 5.72. The first-order chi connectivity index (χ1) is 6.89. The lowest BCUT2D eigenvalue weighted by Gasteiger charge is -2.34. The normalized spacial score (nSPS) is 21.1. The van der Waals surface area contributed by atoms with E-state index in [0.29, 0.717) is 16.8 Å². The summed E-state index contributed by atoms with van der Waals surface area (Å²) in [4.78, 5) is 11.6. The molecular formula is C10H14BrN3O. The molecule has 4 nitrogen and oxygen atoms in total. The Labute approximate surface area is 97.2 Å². The standard InChI is InChI=1S/C10H14BrN3O/c1-10(2,3)7-5-12-9(15)6-4-8(11)13-14(6)7/h4,7H,5H2,1-3H3,(H,12,15). The molecule has 1 aliphatic heterocycles. The van der Waals surface area contributed by atoms with Crippen LogP contribution in [0.15, 0.2) is 10.7 Å². The maximum atomic E-state index is 11.6. The fraction of sp³-hybridized carbons (Fsp3) is 0.600. The predicted molar refractivity (Wildman–Crippen MR) is 60.8 cm³/mol. The molecule has 1 aliphatic rings. The van der Waals surface area contributed by atoms with Gasteiger partial charge in [0.2, 0.25) is 0 Å². The molecule has 82 valence electrons. The first-order valence-electron chi connectivity index (χ1n) is 4.93. The van der Waals surface area contributed by atoms with Gasteiger partial charge in [-0.25, -0.2) is 0 Å². The van der Waals surface area contributed by atoms with Gasteiger partial charge in [0.05, 0.1) is 6.04 Å². The zero-order valence-corrected chi connectivity index (χ0v) is 10.6. The van der Waals surface area contributed by atoms with Crippen LogP contribution in [0.1, 0.15) is 37.3 Å². The van der Waals surface area contributed by atoms with Crippen LogP contribution >= 0.6 is 15.9 Å². The van der Waals surface area contributed by atoms with Crippen LogP contribution in [0.2, 0.25) is 0 Å². The van der Waals surface area contributed by atoms with Crippen molar-refractivity contribution in [3.63, 3.8) is 0 Å². The van der Waals surface area contributed by atoms with Crippen LogP contribution in [0.5, 0.6) is 0 Å². The number of nitrogens with one attached hydrogen (secondary N) is 1. The van der Waals surface area contributed by atoms with E-state index >= 15 is 0 Å². The van der Waals surface area contributed by atoms with E-state index in [1.54, 1.807) is 6.07 Å². The summed E-state index contributed by atoms with van der Waals surface area (Å²) in [6.45, 7) is 7.08. The number of rotatable bonds is 0. The minimum Gasteiger partial charge on any atom is -0.349 e. The van der Waals surface area contributed by atoms with Crippen LogP contribution < -0.4 is 5.32 Å². The monoisotopic (exact) mass is 271 g/mol. The molecule has 1 unspecified atom stereocenters. The number of hydrogen-bond acceptors (Lipinski definition) is 2. The van der Waals surface area contributed by atoms with Gasteiger partial charge in [0.15, 0.2) is 0 Å². The van der Waals surface area contributed by atoms with Gasteiger partial charge in [-0.15, -0.1) is 0 Å². The number of nitrogens with zero attached hydrogens (tertiary/aromatic N) is 2. The van der Waals surface area contributed by atoms with E-state index in [-0.39, 0.29) is 17.4 Å². The number of aromatic nitrogens is 2. The average molecular weight is 272 g/mol. The predicted octanol–water partition coefficient (Wildman–Crippen LogP) is 1.98. The lowest BCUT2D eigenvalue weighted by atomic mass is 9.86. The van der Waals surface area contributed by atoms with Gasteiger partial charge in [-0.2, -0.15) is 5.10 Å². The fourth-order valence-electron chi connectivity index (χ4n) is 1.81. The fourth-order valence-corrected chi connectivity index (χ4v) is 2.20. The second-order valence-corrected chi connectivity index (χ2v) is 5.70. The molecule has 0 radical (unpaired) electrons. The molecule has 1 amide bonds. The second kappa shape index (κ2) is 3.33. The number of halogens is 1. The van der Waals surface area contributed by atoms with E-state index in [0.717, 1.165) is 0 Å². The van der Waals surface area contributed by atoms with Crippen LogP contribution in [-0.2, 0) is 0 Å². The minimum atomic E-state index is -0.0475. The third-order valence-electron chi connectivity index (χ3n) is 2.69. The number of carbonyl (C=O) groups excluding carboxylic acids is 1. The summed E-state index contributed by atoms with van der Waals surface area (Å²) in [7, 11) is 0. The SMILES string of the molecule is CC(C)(C)C1CNC(=O)c2cc(Br)nn21. The van der Waals surface area contributed by atoms with Gasteiger partial charge >= 0.3 is 0 Å². The summed E-state index contributed by atoms with van der Waals surface area (Å²) in [5.41, 5.74) is 0.710. The van der Waals surface area contributed by atoms with E-state index in [9.17, 15) is 4.79 Å². The van der Waals surface area contributed by atoms with E-state index in [1.807, 2.05) is 4.68 Å². The molecule has 0 aromatic carbocycles. The Morgan fingerprint density at radius 1 is 1.60 bits per heavy atom. The molecule has 1 aromatic heterocycles. The summed E-state index contributed by atoms with van der Waals surface area (Å²) in [5.74, 6) is -0.0475. The third-order valence-corrected chi connectivity index (χ3v) is 3.08. The first kappa shape index (κ1) is 10.7. The topological polar surface area (TPSA) is 46.9 Å². The van der Waals surface area contributed by atoms with Crippen LogP contribution in [0.3, 0.4) is 0 Å². The highest BCUT2D eigenvalue weighted by atomic mass is 79.9. The molecule has 0 fully saturated rings. The largest absolute Gasteiger partial charge is 0.349 e. The van der Waals surface area contributed by atoms with Crippen molar-refractivity contribution in [2.75, 3.05) is 6.54 Å². The highest BCUT2D eigenvalue weighted by Crippen LogP contribution is 2.33. The molecule has 1 aromatic rings. The molecule has 0 bridgehead atoms. The highest BCUT2D eigenvalue weighted by molar-refractivity contribution is 9.10. The van der Waals surface area contributed by atoms with Crippen molar-refractivity contribution in [3.05, 3.63) is 16.4 Å². The van der Waals surface area contributed by atoms with Crippen LogP contribution in [0.4, 0.5) is 0 Å². The van der Waals surface area contributed by atoms with Crippen molar-refractivity contribution < 1.29 is 4.79 Å².